The molecule has 0 radical (unpaired) electrons. The van der Waals surface area contributed by atoms with Crippen LogP contribution in [0.5, 0.6) is 0 Å². The Labute approximate surface area is 132 Å². The average molecular weight is 296 g/mol. The molecule has 2 aromatic carbocycles. The van der Waals surface area contributed by atoms with Crippen LogP contribution >= 0.6 is 0 Å². The van der Waals surface area contributed by atoms with Gasteiger partial charge in [0.2, 0.25) is 0 Å². The summed E-state index contributed by atoms with van der Waals surface area (Å²) in [5, 5.41) is 10.3. The molecule has 0 aliphatic heterocycles. The van der Waals surface area contributed by atoms with E-state index in [0.29, 0.717) is 6.42 Å². The van der Waals surface area contributed by atoms with E-state index in [9.17, 15) is 5.11 Å². The minimum absolute atomic E-state index is 0.287. The minimum Gasteiger partial charge on any atom is -0.399 e. The fraction of sp³-hybridized carbons (Fsp3) is 0.263. The van der Waals surface area contributed by atoms with E-state index in [4.69, 9.17) is 11.5 Å². The molecule has 116 valence electrons. The molecule has 2 atom stereocenters. The Bertz CT molecular complexity index is 593. The number of anilines is 1. The van der Waals surface area contributed by atoms with E-state index in [0.717, 1.165) is 29.7 Å². The van der Waals surface area contributed by atoms with E-state index in [-0.39, 0.29) is 6.04 Å². The van der Waals surface area contributed by atoms with Gasteiger partial charge >= 0.3 is 0 Å². The molecule has 3 nitrogen and oxygen atoms in total. The molecule has 22 heavy (non-hydrogen) atoms. The SMILES string of the molecule is C=C(CCC(N)C(O)c1ccccc1)Cc1ccc(N)cc1. The Morgan fingerprint density at radius 1 is 1.05 bits per heavy atom. The number of aliphatic hydroxyl groups is 1. The van der Waals surface area contributed by atoms with Gasteiger partial charge in [0, 0.05) is 11.7 Å². The van der Waals surface area contributed by atoms with Gasteiger partial charge in [-0.3, -0.25) is 0 Å². The van der Waals surface area contributed by atoms with Crippen LogP contribution in [-0.4, -0.2) is 11.1 Å². The summed E-state index contributed by atoms with van der Waals surface area (Å²) in [6.07, 6.45) is 1.69. The van der Waals surface area contributed by atoms with Crippen molar-refractivity contribution in [3.63, 3.8) is 0 Å². The van der Waals surface area contributed by atoms with Crippen molar-refractivity contribution in [1.29, 1.82) is 0 Å². The molecule has 3 heteroatoms. The standard InChI is InChI=1S/C19H24N2O/c1-14(13-15-8-10-17(20)11-9-15)7-12-18(21)19(22)16-5-3-2-4-6-16/h2-6,8-11,18-19,22H,1,7,12-13,20-21H2. The van der Waals surface area contributed by atoms with E-state index >= 15 is 0 Å². The number of nitrogen functional groups attached to an aromatic ring is 1. The maximum Gasteiger partial charge on any atom is 0.0940 e. The quantitative estimate of drug-likeness (QED) is 0.542. The summed E-state index contributed by atoms with van der Waals surface area (Å²) in [5.41, 5.74) is 15.7. The van der Waals surface area contributed by atoms with Crippen LogP contribution in [0.25, 0.3) is 0 Å². The Morgan fingerprint density at radius 2 is 1.68 bits per heavy atom. The first-order valence-electron chi connectivity index (χ1n) is 7.56. The lowest BCUT2D eigenvalue weighted by molar-refractivity contribution is 0.142. The van der Waals surface area contributed by atoms with Crippen LogP contribution in [-0.2, 0) is 6.42 Å². The number of hydrogen-bond acceptors (Lipinski definition) is 3. The van der Waals surface area contributed by atoms with Gasteiger partial charge in [-0.2, -0.15) is 0 Å². The molecule has 0 saturated carbocycles. The summed E-state index contributed by atoms with van der Waals surface area (Å²) in [7, 11) is 0. The Kier molecular flexibility index (Phi) is 5.75. The third-order valence-electron chi connectivity index (χ3n) is 3.81. The first kappa shape index (κ1) is 16.3. The zero-order valence-electron chi connectivity index (χ0n) is 12.8. The van der Waals surface area contributed by atoms with Gasteiger partial charge in [-0.05, 0) is 42.5 Å². The van der Waals surface area contributed by atoms with Crippen molar-refractivity contribution in [3.8, 4) is 0 Å². The fourth-order valence-corrected chi connectivity index (χ4v) is 2.44. The van der Waals surface area contributed by atoms with Crippen LogP contribution in [0.1, 0.15) is 30.1 Å². The van der Waals surface area contributed by atoms with Crippen molar-refractivity contribution in [1.82, 2.24) is 0 Å². The highest BCUT2D eigenvalue weighted by atomic mass is 16.3. The van der Waals surface area contributed by atoms with Crippen LogP contribution < -0.4 is 11.5 Å². The Morgan fingerprint density at radius 3 is 2.32 bits per heavy atom. The monoisotopic (exact) mass is 296 g/mol. The van der Waals surface area contributed by atoms with E-state index in [1.54, 1.807) is 0 Å². The lowest BCUT2D eigenvalue weighted by Gasteiger charge is -2.19. The highest BCUT2D eigenvalue weighted by Crippen LogP contribution is 2.20. The first-order valence-corrected chi connectivity index (χ1v) is 7.56. The lowest BCUT2D eigenvalue weighted by atomic mass is 9.95. The molecule has 2 rings (SSSR count). The topological polar surface area (TPSA) is 72.3 Å². The largest absolute Gasteiger partial charge is 0.399 e. The normalized spacial score (nSPS) is 13.5. The number of nitrogens with two attached hydrogens (primary N) is 2. The zero-order valence-corrected chi connectivity index (χ0v) is 12.8. The second-order valence-corrected chi connectivity index (χ2v) is 5.73. The highest BCUT2D eigenvalue weighted by molar-refractivity contribution is 5.40. The molecule has 2 unspecified atom stereocenters. The van der Waals surface area contributed by atoms with Crippen molar-refractivity contribution in [3.05, 3.63) is 77.9 Å². The number of rotatable bonds is 7. The molecule has 2 aromatic rings. The molecule has 0 amide bonds. The predicted molar refractivity (Wildman–Crippen MR) is 92.3 cm³/mol. The van der Waals surface area contributed by atoms with Crippen LogP contribution in [0.4, 0.5) is 5.69 Å². The zero-order chi connectivity index (χ0) is 15.9. The van der Waals surface area contributed by atoms with Gasteiger partial charge in [0.1, 0.15) is 0 Å². The molecular weight excluding hydrogens is 272 g/mol. The second-order valence-electron chi connectivity index (χ2n) is 5.73. The summed E-state index contributed by atoms with van der Waals surface area (Å²) < 4.78 is 0. The minimum atomic E-state index is -0.634. The van der Waals surface area contributed by atoms with E-state index in [2.05, 4.69) is 6.58 Å². The van der Waals surface area contributed by atoms with Crippen molar-refractivity contribution in [2.45, 2.75) is 31.4 Å². The fourth-order valence-electron chi connectivity index (χ4n) is 2.44. The highest BCUT2D eigenvalue weighted by Gasteiger charge is 2.16. The molecule has 0 aliphatic rings. The van der Waals surface area contributed by atoms with Crippen molar-refractivity contribution >= 4 is 5.69 Å². The van der Waals surface area contributed by atoms with E-state index < -0.39 is 6.10 Å². The summed E-state index contributed by atoms with van der Waals surface area (Å²) in [6.45, 7) is 4.11. The van der Waals surface area contributed by atoms with E-state index in [1.807, 2.05) is 54.6 Å². The molecule has 0 aromatic heterocycles. The third-order valence-corrected chi connectivity index (χ3v) is 3.81. The van der Waals surface area contributed by atoms with Crippen LogP contribution in [0.15, 0.2) is 66.7 Å². The van der Waals surface area contributed by atoms with Crippen molar-refractivity contribution in [2.75, 3.05) is 5.73 Å². The van der Waals surface area contributed by atoms with Gasteiger partial charge in [0.15, 0.2) is 0 Å². The summed E-state index contributed by atoms with van der Waals surface area (Å²) in [6, 6.07) is 17.1. The molecule has 5 N–H and O–H groups in total. The smallest absolute Gasteiger partial charge is 0.0940 e. The van der Waals surface area contributed by atoms with Crippen LogP contribution in [0.2, 0.25) is 0 Å². The average Bonchev–Trinajstić information content (AvgIpc) is 2.55. The first-order chi connectivity index (χ1) is 10.6. The van der Waals surface area contributed by atoms with E-state index in [1.165, 1.54) is 5.56 Å². The molecule has 0 saturated heterocycles. The van der Waals surface area contributed by atoms with Gasteiger partial charge in [-0.25, -0.2) is 0 Å². The number of allylic oxidation sites excluding steroid dienone is 1. The lowest BCUT2D eigenvalue weighted by Crippen LogP contribution is -2.28. The summed E-state index contributed by atoms with van der Waals surface area (Å²) in [4.78, 5) is 0. The summed E-state index contributed by atoms with van der Waals surface area (Å²) in [5.74, 6) is 0. The summed E-state index contributed by atoms with van der Waals surface area (Å²) >= 11 is 0. The van der Waals surface area contributed by atoms with Gasteiger partial charge in [0.25, 0.3) is 0 Å². The van der Waals surface area contributed by atoms with Gasteiger partial charge in [0.05, 0.1) is 6.10 Å². The van der Waals surface area contributed by atoms with Crippen LogP contribution in [0, 0.1) is 0 Å². The molecule has 0 aliphatic carbocycles. The molecule has 0 spiro atoms. The second kappa shape index (κ2) is 7.78. The molecule has 0 bridgehead atoms. The van der Waals surface area contributed by atoms with Crippen molar-refractivity contribution in [2.24, 2.45) is 5.73 Å². The van der Waals surface area contributed by atoms with Crippen LogP contribution in [0.3, 0.4) is 0 Å². The van der Waals surface area contributed by atoms with Gasteiger partial charge < -0.3 is 16.6 Å². The number of benzene rings is 2. The number of aliphatic hydroxyl groups excluding tert-OH is 1. The maximum absolute atomic E-state index is 10.3. The van der Waals surface area contributed by atoms with Gasteiger partial charge in [-0.1, -0.05) is 54.6 Å². The Balaban J connectivity index is 1.81. The van der Waals surface area contributed by atoms with Gasteiger partial charge in [-0.15, -0.1) is 0 Å². The number of hydrogen-bond donors (Lipinski definition) is 3. The van der Waals surface area contributed by atoms with Crippen molar-refractivity contribution < 1.29 is 5.11 Å². The molecular formula is C19H24N2O. The Hall–Kier alpha value is -2.10. The molecule has 0 heterocycles. The predicted octanol–water partition coefficient (Wildman–Crippen LogP) is 3.21. The maximum atomic E-state index is 10.3. The molecule has 0 fully saturated rings. The third kappa shape index (κ3) is 4.72.